The molecule has 0 nitrogen and oxygen atoms in total. The van der Waals surface area contributed by atoms with Crippen LogP contribution in [0.2, 0.25) is 0 Å². The van der Waals surface area contributed by atoms with Gasteiger partial charge in [-0.25, -0.2) is 13.2 Å². The number of hydrogen-bond donors (Lipinski definition) is 0. The minimum atomic E-state index is -2.85. The van der Waals surface area contributed by atoms with Crippen molar-refractivity contribution < 1.29 is 13.2 Å². The third-order valence-corrected chi connectivity index (χ3v) is 4.14. The van der Waals surface area contributed by atoms with Crippen LogP contribution in [0.1, 0.15) is 30.4 Å². The molecule has 2 atom stereocenters. The normalized spacial score (nSPS) is 25.3. The molecule has 0 amide bonds. The van der Waals surface area contributed by atoms with Gasteiger partial charge in [0.15, 0.2) is 0 Å². The summed E-state index contributed by atoms with van der Waals surface area (Å²) in [5, 5.41) is 0. The summed E-state index contributed by atoms with van der Waals surface area (Å²) in [7, 11) is 0. The Bertz CT molecular complexity index is 497. The van der Waals surface area contributed by atoms with E-state index in [0.29, 0.717) is 5.56 Å². The average Bonchev–Trinajstić information content (AvgIpc) is 2.82. The van der Waals surface area contributed by atoms with E-state index in [1.165, 1.54) is 6.07 Å². The number of rotatable bonds is 3. The molecule has 1 aromatic rings. The zero-order chi connectivity index (χ0) is 13.7. The maximum atomic E-state index is 13.2. The van der Waals surface area contributed by atoms with E-state index in [0.717, 1.165) is 17.7 Å². The summed E-state index contributed by atoms with van der Waals surface area (Å²) >= 11 is 12.2. The van der Waals surface area contributed by atoms with Crippen molar-refractivity contribution in [2.24, 2.45) is 5.92 Å². The molecule has 0 bridgehead atoms. The Morgan fingerprint density at radius 2 is 2.00 bits per heavy atom. The Morgan fingerprint density at radius 3 is 2.44 bits per heavy atom. The van der Waals surface area contributed by atoms with Gasteiger partial charge in [0, 0.05) is 11.8 Å². The van der Waals surface area contributed by atoms with E-state index in [2.05, 4.69) is 6.58 Å². The van der Waals surface area contributed by atoms with Crippen LogP contribution in [0.15, 0.2) is 30.4 Å². The van der Waals surface area contributed by atoms with Crippen LogP contribution < -0.4 is 0 Å². The van der Waals surface area contributed by atoms with E-state index in [4.69, 9.17) is 23.2 Å². The second-order valence-corrected chi connectivity index (χ2v) is 6.00. The number of alkyl halides is 4. The zero-order valence-electron chi connectivity index (χ0n) is 9.56. The molecular formula is C13H11Cl2F3. The fraction of sp³-hybridized carbons (Fsp3) is 0.385. The van der Waals surface area contributed by atoms with Gasteiger partial charge < -0.3 is 0 Å². The first-order valence-electron chi connectivity index (χ1n) is 5.37. The molecule has 0 aromatic heterocycles. The topological polar surface area (TPSA) is 0 Å². The quantitative estimate of drug-likeness (QED) is 0.529. The summed E-state index contributed by atoms with van der Waals surface area (Å²) in [5.74, 6) is -1.41. The van der Waals surface area contributed by atoms with Crippen molar-refractivity contribution in [2.75, 3.05) is 0 Å². The molecule has 2 unspecified atom stereocenters. The molecule has 18 heavy (non-hydrogen) atoms. The Balaban J connectivity index is 2.37. The molecule has 1 aromatic carbocycles. The lowest BCUT2D eigenvalue weighted by atomic mass is 10.0. The first-order valence-corrected chi connectivity index (χ1v) is 6.13. The van der Waals surface area contributed by atoms with Gasteiger partial charge in [0.25, 0.3) is 6.43 Å². The highest BCUT2D eigenvalue weighted by molar-refractivity contribution is 6.52. The van der Waals surface area contributed by atoms with Crippen LogP contribution in [0.3, 0.4) is 0 Å². The fourth-order valence-electron chi connectivity index (χ4n) is 2.28. The summed E-state index contributed by atoms with van der Waals surface area (Å²) in [6.45, 7) is 5.55. The van der Waals surface area contributed by atoms with E-state index >= 15 is 0 Å². The number of benzene rings is 1. The van der Waals surface area contributed by atoms with Crippen molar-refractivity contribution in [3.8, 4) is 0 Å². The van der Waals surface area contributed by atoms with Gasteiger partial charge in [0.05, 0.1) is 5.56 Å². The molecule has 98 valence electrons. The number of allylic oxidation sites excluding steroid dienone is 1. The molecule has 0 aliphatic heterocycles. The molecule has 1 saturated carbocycles. The lowest BCUT2D eigenvalue weighted by Crippen LogP contribution is -1.95. The largest absolute Gasteiger partial charge is 0.266 e. The molecule has 0 spiro atoms. The van der Waals surface area contributed by atoms with Crippen molar-refractivity contribution in [1.29, 1.82) is 0 Å². The molecule has 1 aliphatic rings. The number of hydrogen-bond acceptors (Lipinski definition) is 0. The highest BCUT2D eigenvalue weighted by Gasteiger charge is 2.64. The second kappa shape index (κ2) is 4.46. The highest BCUT2D eigenvalue weighted by Crippen LogP contribution is 2.67. The van der Waals surface area contributed by atoms with Crippen molar-refractivity contribution >= 4 is 23.2 Å². The summed E-state index contributed by atoms with van der Waals surface area (Å²) in [4.78, 5) is 0. The lowest BCUT2D eigenvalue weighted by Gasteiger charge is -2.06. The molecule has 0 N–H and O–H groups in total. The molecule has 1 fully saturated rings. The standard InChI is InChI=1S/C13H11Cl2F3/c1-6(2)10-11(13(10,14)15)7-3-4-9(16)8(5-7)12(17)18/h3-5,10-12H,1H2,2H3. The van der Waals surface area contributed by atoms with Crippen LogP contribution in [0.5, 0.6) is 0 Å². The summed E-state index contributed by atoms with van der Waals surface area (Å²) in [6.07, 6.45) is -2.85. The molecule has 1 aliphatic carbocycles. The van der Waals surface area contributed by atoms with Gasteiger partial charge in [-0.3, -0.25) is 0 Å². The predicted molar refractivity (Wildman–Crippen MR) is 66.8 cm³/mol. The first kappa shape index (κ1) is 13.8. The van der Waals surface area contributed by atoms with Gasteiger partial charge in [0.2, 0.25) is 0 Å². The van der Waals surface area contributed by atoms with Crippen molar-refractivity contribution in [1.82, 2.24) is 0 Å². The minimum absolute atomic E-state index is 0.184. The SMILES string of the molecule is C=C(C)C1C(c2ccc(F)c(C(F)F)c2)C1(Cl)Cl. The van der Waals surface area contributed by atoms with E-state index < -0.39 is 22.1 Å². The fourth-order valence-corrected chi connectivity index (χ4v) is 3.28. The van der Waals surface area contributed by atoms with Crippen LogP contribution in [-0.4, -0.2) is 4.33 Å². The van der Waals surface area contributed by atoms with E-state index in [1.807, 2.05) is 0 Å². The monoisotopic (exact) mass is 294 g/mol. The summed E-state index contributed by atoms with van der Waals surface area (Å²) < 4.78 is 37.4. The molecule has 2 rings (SSSR count). The van der Waals surface area contributed by atoms with Gasteiger partial charge in [-0.2, -0.15) is 0 Å². The van der Waals surface area contributed by atoms with Crippen LogP contribution in [0, 0.1) is 11.7 Å². The van der Waals surface area contributed by atoms with Crippen molar-refractivity contribution in [3.63, 3.8) is 0 Å². The van der Waals surface area contributed by atoms with Gasteiger partial charge in [0.1, 0.15) is 10.2 Å². The first-order chi connectivity index (χ1) is 8.26. The maximum absolute atomic E-state index is 13.2. The summed E-state index contributed by atoms with van der Waals surface area (Å²) in [5.41, 5.74) is 0.682. The van der Waals surface area contributed by atoms with E-state index in [1.54, 1.807) is 6.92 Å². The molecule has 0 heterocycles. The average molecular weight is 295 g/mol. The highest BCUT2D eigenvalue weighted by atomic mass is 35.5. The Hall–Kier alpha value is -0.670. The van der Waals surface area contributed by atoms with E-state index in [-0.39, 0.29) is 11.8 Å². The van der Waals surface area contributed by atoms with Crippen molar-refractivity contribution in [2.45, 2.75) is 23.6 Å². The van der Waals surface area contributed by atoms with Crippen LogP contribution >= 0.6 is 23.2 Å². The summed E-state index contributed by atoms with van der Waals surface area (Å²) in [6, 6.07) is 3.59. The van der Waals surface area contributed by atoms with Crippen molar-refractivity contribution in [3.05, 3.63) is 47.3 Å². The van der Waals surface area contributed by atoms with Gasteiger partial charge in [-0.15, -0.1) is 23.2 Å². The third kappa shape index (κ3) is 2.14. The Kier molecular flexibility index (Phi) is 3.41. The third-order valence-electron chi connectivity index (χ3n) is 3.20. The maximum Gasteiger partial charge on any atom is 0.266 e. The number of halogens is 5. The lowest BCUT2D eigenvalue weighted by molar-refractivity contribution is 0.146. The molecule has 0 saturated heterocycles. The van der Waals surface area contributed by atoms with Gasteiger partial charge in [-0.05, 0) is 24.6 Å². The minimum Gasteiger partial charge on any atom is -0.206 e. The van der Waals surface area contributed by atoms with Gasteiger partial charge in [-0.1, -0.05) is 18.2 Å². The predicted octanol–water partition coefficient (Wildman–Crippen LogP) is 5.23. The second-order valence-electron chi connectivity index (χ2n) is 4.56. The van der Waals surface area contributed by atoms with Crippen LogP contribution in [0.4, 0.5) is 13.2 Å². The van der Waals surface area contributed by atoms with E-state index in [9.17, 15) is 13.2 Å². The Morgan fingerprint density at radius 1 is 1.39 bits per heavy atom. The molecule has 5 heteroatoms. The molecule has 0 radical (unpaired) electrons. The smallest absolute Gasteiger partial charge is 0.206 e. The van der Waals surface area contributed by atoms with Crippen LogP contribution in [0.25, 0.3) is 0 Å². The zero-order valence-corrected chi connectivity index (χ0v) is 11.1. The van der Waals surface area contributed by atoms with Gasteiger partial charge >= 0.3 is 0 Å². The Labute approximate surface area is 113 Å². The molecular weight excluding hydrogens is 284 g/mol. The van der Waals surface area contributed by atoms with Crippen LogP contribution in [-0.2, 0) is 0 Å².